The minimum atomic E-state index is 0.141. The molecule has 0 spiro atoms. The Labute approximate surface area is 110 Å². The molecular formula is C15H26N2O. The molecule has 102 valence electrons. The van der Waals surface area contributed by atoms with Crippen LogP contribution >= 0.6 is 0 Å². The van der Waals surface area contributed by atoms with Gasteiger partial charge in [-0.2, -0.15) is 0 Å². The number of hydrogen-bond donors (Lipinski definition) is 2. The molecule has 0 aromatic rings. The van der Waals surface area contributed by atoms with Crippen LogP contribution in [0.2, 0.25) is 0 Å². The highest BCUT2D eigenvalue weighted by Crippen LogP contribution is 2.61. The summed E-state index contributed by atoms with van der Waals surface area (Å²) < 4.78 is 0. The maximum Gasteiger partial charge on any atom is 0.233 e. The molecule has 4 saturated carbocycles. The van der Waals surface area contributed by atoms with Gasteiger partial charge in [0.2, 0.25) is 5.91 Å². The van der Waals surface area contributed by atoms with Crippen molar-refractivity contribution < 1.29 is 4.79 Å². The number of carbonyl (C=O) groups excluding carboxylic acids is 1. The van der Waals surface area contributed by atoms with Crippen LogP contribution in [0.25, 0.3) is 0 Å². The van der Waals surface area contributed by atoms with Crippen molar-refractivity contribution in [3.05, 3.63) is 0 Å². The summed E-state index contributed by atoms with van der Waals surface area (Å²) in [4.78, 5) is 11.5. The van der Waals surface area contributed by atoms with E-state index in [0.29, 0.717) is 12.0 Å². The van der Waals surface area contributed by atoms with Gasteiger partial charge in [0.05, 0.1) is 6.54 Å². The lowest BCUT2D eigenvalue weighted by molar-refractivity contribution is -0.120. The Morgan fingerprint density at radius 1 is 1.11 bits per heavy atom. The van der Waals surface area contributed by atoms with Crippen molar-refractivity contribution in [3.8, 4) is 0 Å². The van der Waals surface area contributed by atoms with Crippen molar-refractivity contribution in [1.29, 1.82) is 0 Å². The molecule has 1 amide bonds. The molecule has 0 heterocycles. The Kier molecular flexibility index (Phi) is 3.35. The van der Waals surface area contributed by atoms with Crippen molar-refractivity contribution in [3.63, 3.8) is 0 Å². The lowest BCUT2D eigenvalue weighted by Gasteiger charge is -2.57. The van der Waals surface area contributed by atoms with Crippen molar-refractivity contribution >= 4 is 5.91 Å². The first-order valence-electron chi connectivity index (χ1n) is 7.60. The van der Waals surface area contributed by atoms with Crippen LogP contribution in [-0.2, 0) is 4.79 Å². The fourth-order valence-electron chi connectivity index (χ4n) is 5.29. The van der Waals surface area contributed by atoms with E-state index in [1.807, 2.05) is 7.05 Å². The van der Waals surface area contributed by atoms with Crippen LogP contribution < -0.4 is 10.6 Å². The molecule has 3 nitrogen and oxygen atoms in total. The highest BCUT2D eigenvalue weighted by Gasteiger charge is 2.50. The summed E-state index contributed by atoms with van der Waals surface area (Å²) in [6, 6.07) is 0. The average molecular weight is 250 g/mol. The number of likely N-dealkylation sites (N-methyl/N-ethyl adjacent to an activating group) is 1. The fraction of sp³-hybridized carbons (Fsp3) is 0.933. The standard InChI is InChI=1S/C15H26N2O/c1-16-10-14(18)17-3-2-15-7-11-4-12(8-15)6-13(5-11)9-15/h11-13,16H,2-10H2,1H3,(H,17,18). The fourth-order valence-corrected chi connectivity index (χ4v) is 5.29. The van der Waals surface area contributed by atoms with E-state index in [9.17, 15) is 4.79 Å². The lowest BCUT2D eigenvalue weighted by atomic mass is 9.49. The molecule has 0 atom stereocenters. The van der Waals surface area contributed by atoms with E-state index in [1.165, 1.54) is 44.9 Å². The van der Waals surface area contributed by atoms with Gasteiger partial charge in [0, 0.05) is 6.54 Å². The Morgan fingerprint density at radius 3 is 2.17 bits per heavy atom. The van der Waals surface area contributed by atoms with Gasteiger partial charge in [0.1, 0.15) is 0 Å². The van der Waals surface area contributed by atoms with Gasteiger partial charge in [-0.3, -0.25) is 4.79 Å². The van der Waals surface area contributed by atoms with E-state index in [1.54, 1.807) is 0 Å². The summed E-state index contributed by atoms with van der Waals surface area (Å²) in [6.07, 6.45) is 10.1. The molecule has 4 aliphatic carbocycles. The summed E-state index contributed by atoms with van der Waals surface area (Å²) in [7, 11) is 1.82. The number of nitrogens with one attached hydrogen (secondary N) is 2. The molecular weight excluding hydrogens is 224 g/mol. The van der Waals surface area contributed by atoms with Crippen LogP contribution in [0, 0.1) is 23.2 Å². The molecule has 0 aromatic heterocycles. The van der Waals surface area contributed by atoms with E-state index < -0.39 is 0 Å². The van der Waals surface area contributed by atoms with Crippen LogP contribution in [0.1, 0.15) is 44.9 Å². The van der Waals surface area contributed by atoms with Crippen molar-refractivity contribution in [2.24, 2.45) is 23.2 Å². The average Bonchev–Trinajstić information content (AvgIpc) is 2.26. The van der Waals surface area contributed by atoms with Crippen molar-refractivity contribution in [1.82, 2.24) is 10.6 Å². The van der Waals surface area contributed by atoms with Crippen LogP contribution in [0.3, 0.4) is 0 Å². The van der Waals surface area contributed by atoms with Gasteiger partial charge in [0.25, 0.3) is 0 Å². The molecule has 4 bridgehead atoms. The summed E-state index contributed by atoms with van der Waals surface area (Å²) in [5, 5.41) is 5.96. The molecule has 18 heavy (non-hydrogen) atoms. The minimum absolute atomic E-state index is 0.141. The third-order valence-corrected chi connectivity index (χ3v) is 5.48. The highest BCUT2D eigenvalue weighted by molar-refractivity contribution is 5.77. The second-order valence-electron chi connectivity index (χ2n) is 7.05. The Bertz CT molecular complexity index is 291. The molecule has 4 aliphatic rings. The zero-order valence-corrected chi connectivity index (χ0v) is 11.5. The summed E-state index contributed by atoms with van der Waals surface area (Å²) >= 11 is 0. The smallest absolute Gasteiger partial charge is 0.233 e. The maximum absolute atomic E-state index is 11.5. The molecule has 0 unspecified atom stereocenters. The van der Waals surface area contributed by atoms with Crippen LogP contribution in [0.15, 0.2) is 0 Å². The Balaban J connectivity index is 1.51. The molecule has 0 aliphatic heterocycles. The van der Waals surface area contributed by atoms with Gasteiger partial charge >= 0.3 is 0 Å². The number of amides is 1. The van der Waals surface area contributed by atoms with E-state index in [4.69, 9.17) is 0 Å². The number of rotatable bonds is 5. The lowest BCUT2D eigenvalue weighted by Crippen LogP contribution is -2.47. The predicted octanol–water partition coefficient (Wildman–Crippen LogP) is 1.93. The predicted molar refractivity (Wildman–Crippen MR) is 72.2 cm³/mol. The summed E-state index contributed by atoms with van der Waals surface area (Å²) in [5.41, 5.74) is 0.599. The molecule has 0 aromatic carbocycles. The summed E-state index contributed by atoms with van der Waals surface area (Å²) in [5.74, 6) is 3.19. The SMILES string of the molecule is CNCC(=O)NCCC12CC3CC(CC(C3)C1)C2. The molecule has 0 radical (unpaired) electrons. The zero-order valence-electron chi connectivity index (χ0n) is 11.5. The molecule has 3 heteroatoms. The summed E-state index contributed by atoms with van der Waals surface area (Å²) in [6.45, 7) is 1.33. The monoisotopic (exact) mass is 250 g/mol. The normalized spacial score (nSPS) is 41.1. The van der Waals surface area contributed by atoms with Gasteiger partial charge in [-0.1, -0.05) is 0 Å². The van der Waals surface area contributed by atoms with Gasteiger partial charge in [0.15, 0.2) is 0 Å². The van der Waals surface area contributed by atoms with Gasteiger partial charge < -0.3 is 10.6 Å². The van der Waals surface area contributed by atoms with Crippen LogP contribution in [0.4, 0.5) is 0 Å². The van der Waals surface area contributed by atoms with Crippen molar-refractivity contribution in [2.75, 3.05) is 20.1 Å². The first kappa shape index (κ1) is 12.5. The van der Waals surface area contributed by atoms with Crippen molar-refractivity contribution in [2.45, 2.75) is 44.9 Å². The van der Waals surface area contributed by atoms with Gasteiger partial charge in [-0.05, 0) is 75.2 Å². The molecule has 2 N–H and O–H groups in total. The number of hydrogen-bond acceptors (Lipinski definition) is 2. The zero-order chi connectivity index (χ0) is 12.6. The van der Waals surface area contributed by atoms with Gasteiger partial charge in [-0.25, -0.2) is 0 Å². The highest BCUT2D eigenvalue weighted by atomic mass is 16.1. The molecule has 4 rings (SSSR count). The molecule has 4 fully saturated rings. The Hall–Kier alpha value is -0.570. The third kappa shape index (κ3) is 2.42. The second kappa shape index (κ2) is 4.84. The first-order valence-corrected chi connectivity index (χ1v) is 7.60. The van der Waals surface area contributed by atoms with Crippen LogP contribution in [0.5, 0.6) is 0 Å². The maximum atomic E-state index is 11.5. The number of carbonyl (C=O) groups is 1. The minimum Gasteiger partial charge on any atom is -0.355 e. The molecule has 0 saturated heterocycles. The van der Waals surface area contributed by atoms with E-state index >= 15 is 0 Å². The van der Waals surface area contributed by atoms with Crippen LogP contribution in [-0.4, -0.2) is 26.0 Å². The Morgan fingerprint density at radius 2 is 1.67 bits per heavy atom. The van der Waals surface area contributed by atoms with E-state index in [-0.39, 0.29) is 5.91 Å². The largest absolute Gasteiger partial charge is 0.355 e. The second-order valence-corrected chi connectivity index (χ2v) is 7.05. The van der Waals surface area contributed by atoms with E-state index in [2.05, 4.69) is 10.6 Å². The van der Waals surface area contributed by atoms with Gasteiger partial charge in [-0.15, -0.1) is 0 Å². The van der Waals surface area contributed by atoms with E-state index in [0.717, 1.165) is 24.3 Å². The third-order valence-electron chi connectivity index (χ3n) is 5.48. The topological polar surface area (TPSA) is 41.1 Å². The first-order chi connectivity index (χ1) is 8.69. The quantitative estimate of drug-likeness (QED) is 0.783.